The van der Waals surface area contributed by atoms with Crippen molar-refractivity contribution in [2.75, 3.05) is 126 Å². The summed E-state index contributed by atoms with van der Waals surface area (Å²) in [5.41, 5.74) is 2.03. The topological polar surface area (TPSA) is 152 Å². The summed E-state index contributed by atoms with van der Waals surface area (Å²) in [4.78, 5) is 18.8. The maximum atomic E-state index is 13.0. The van der Waals surface area contributed by atoms with Crippen LogP contribution in [-0.4, -0.2) is 228 Å². The summed E-state index contributed by atoms with van der Waals surface area (Å²) in [6.45, 7) is 52.3. The van der Waals surface area contributed by atoms with Crippen molar-refractivity contribution in [3.8, 4) is 0 Å². The lowest BCUT2D eigenvalue weighted by atomic mass is 9.86. The van der Waals surface area contributed by atoms with Gasteiger partial charge in [-0.3, -0.25) is 25.1 Å². The molecule has 7 rings (SSSR count). The fourth-order valence-corrected chi connectivity index (χ4v) is 9.08. The van der Waals surface area contributed by atoms with Crippen molar-refractivity contribution >= 4 is 5.84 Å². The molecule has 0 aromatic carbocycles. The third kappa shape index (κ3) is 29.7. The van der Waals surface area contributed by atoms with Gasteiger partial charge in [-0.2, -0.15) is 0 Å². The predicted molar refractivity (Wildman–Crippen MR) is 295 cm³/mol. The molecule has 0 aromatic rings. The third-order valence-corrected chi connectivity index (χ3v) is 14.3. The summed E-state index contributed by atoms with van der Waals surface area (Å²) in [5.74, 6) is -0.765. The van der Waals surface area contributed by atoms with Crippen LogP contribution in [0.3, 0.4) is 0 Å². The molecule has 7 heterocycles. The molecule has 0 radical (unpaired) electrons. The molecule has 3 N–H and O–H groups in total. The number of methoxy groups -OCH3 is 1. The number of amidine groups is 1. The second-order valence-electron chi connectivity index (χ2n) is 23.4. The molecule has 6 saturated heterocycles. The summed E-state index contributed by atoms with van der Waals surface area (Å²) in [6, 6.07) is 2.52. The van der Waals surface area contributed by atoms with Crippen LogP contribution in [0, 0.1) is 29.6 Å². The fourth-order valence-electron chi connectivity index (χ4n) is 9.08. The molecule has 442 valence electrons. The number of aliphatic hydroxyl groups is 2. The molecule has 74 heavy (non-hydrogen) atoms. The minimum atomic E-state index is -2.60. The van der Waals surface area contributed by atoms with Crippen molar-refractivity contribution in [3.05, 3.63) is 0 Å². The van der Waals surface area contributed by atoms with Gasteiger partial charge < -0.3 is 43.4 Å². The monoisotopic (exact) mass is 1070 g/mol. The molecule has 18 heteroatoms. The Morgan fingerprint density at radius 1 is 0.662 bits per heavy atom. The Balaban J connectivity index is 0.000000433. The van der Waals surface area contributed by atoms with Crippen LogP contribution in [0.4, 0.5) is 8.78 Å². The molecule has 0 amide bonds. The van der Waals surface area contributed by atoms with Gasteiger partial charge >= 0.3 is 0 Å². The summed E-state index contributed by atoms with van der Waals surface area (Å²) in [5, 5.41) is 19.2. The molecule has 7 aliphatic rings. The molecule has 0 aromatic heterocycles. The van der Waals surface area contributed by atoms with E-state index in [-0.39, 0.29) is 30.5 Å². The number of hydrogen-bond donors (Lipinski definition) is 3. The molecule has 16 nitrogen and oxygen atoms in total. The van der Waals surface area contributed by atoms with Crippen LogP contribution in [-0.2, 0) is 38.0 Å². The number of aliphatic hydroxyl groups excluding tert-OH is 1. The Labute approximate surface area is 450 Å². The van der Waals surface area contributed by atoms with E-state index >= 15 is 0 Å². The molecule has 0 saturated carbocycles. The fraction of sp³-hybridized carbons (Fsp3) is 0.982. The van der Waals surface area contributed by atoms with Gasteiger partial charge in [0.1, 0.15) is 12.4 Å². The lowest BCUT2D eigenvalue weighted by Crippen LogP contribution is -2.53. The average Bonchev–Trinajstić information content (AvgIpc) is 3.79. The van der Waals surface area contributed by atoms with Crippen LogP contribution < -0.4 is 5.48 Å². The lowest BCUT2D eigenvalue weighted by Gasteiger charge is -2.40. The Bertz CT molecular complexity index is 1420. The first-order valence-electron chi connectivity index (χ1n) is 28.4. The zero-order valence-electron chi connectivity index (χ0n) is 50.4. The summed E-state index contributed by atoms with van der Waals surface area (Å²) >= 11 is 0. The highest BCUT2D eigenvalue weighted by atomic mass is 19.3. The van der Waals surface area contributed by atoms with Crippen molar-refractivity contribution in [1.82, 2.24) is 25.1 Å². The van der Waals surface area contributed by atoms with E-state index in [1.807, 2.05) is 34.6 Å². The zero-order valence-corrected chi connectivity index (χ0v) is 50.4. The Morgan fingerprint density at radius 3 is 1.55 bits per heavy atom. The van der Waals surface area contributed by atoms with Crippen molar-refractivity contribution in [2.45, 2.75) is 204 Å². The normalized spacial score (nSPS) is 28.2. The minimum absolute atomic E-state index is 0.0117. The van der Waals surface area contributed by atoms with E-state index in [1.54, 1.807) is 7.11 Å². The molecular formula is C56H114F2N6O10. The van der Waals surface area contributed by atoms with Crippen molar-refractivity contribution in [1.29, 1.82) is 0 Å². The summed E-state index contributed by atoms with van der Waals surface area (Å²) in [7, 11) is 1.72. The smallest absolute Gasteiger partial charge is 0.274 e. The first kappa shape index (κ1) is 70.8. The summed E-state index contributed by atoms with van der Waals surface area (Å²) < 4.78 is 62.7. The van der Waals surface area contributed by atoms with Crippen LogP contribution >= 0.6 is 0 Å². The highest BCUT2D eigenvalue weighted by molar-refractivity contribution is 5.83. The highest BCUT2D eigenvalue weighted by Gasteiger charge is 2.43. The van der Waals surface area contributed by atoms with Crippen molar-refractivity contribution in [3.63, 3.8) is 0 Å². The molecule has 6 fully saturated rings. The zero-order chi connectivity index (χ0) is 56.2. The number of rotatable bonds is 10. The van der Waals surface area contributed by atoms with Crippen molar-refractivity contribution in [2.24, 2.45) is 34.6 Å². The van der Waals surface area contributed by atoms with E-state index in [0.717, 1.165) is 111 Å². The van der Waals surface area contributed by atoms with Gasteiger partial charge in [0, 0.05) is 115 Å². The predicted octanol–water partition coefficient (Wildman–Crippen LogP) is 7.73. The number of ether oxygens (including phenoxy) is 7. The molecule has 7 unspecified atom stereocenters. The number of morpholine rings is 4. The Kier molecular flexibility index (Phi) is 36.0. The van der Waals surface area contributed by atoms with Gasteiger partial charge in [-0.1, -0.05) is 41.5 Å². The van der Waals surface area contributed by atoms with Gasteiger partial charge in [0.15, 0.2) is 6.23 Å². The molecule has 7 atom stereocenters. The Hall–Kier alpha value is -1.23. The van der Waals surface area contributed by atoms with Crippen molar-refractivity contribution < 1.29 is 57.0 Å². The number of hydrogen-bond acceptors (Lipinski definition) is 16. The molecule has 0 bridgehead atoms. The number of nitrogens with one attached hydrogen (secondary N) is 1. The van der Waals surface area contributed by atoms with Crippen LogP contribution in [0.25, 0.3) is 0 Å². The second-order valence-corrected chi connectivity index (χ2v) is 23.4. The third-order valence-electron chi connectivity index (χ3n) is 14.3. The first-order valence-corrected chi connectivity index (χ1v) is 28.4. The van der Waals surface area contributed by atoms with Gasteiger partial charge in [0.2, 0.25) is 0 Å². The lowest BCUT2D eigenvalue weighted by molar-refractivity contribution is -0.165. The van der Waals surface area contributed by atoms with E-state index in [0.29, 0.717) is 67.7 Å². The van der Waals surface area contributed by atoms with E-state index in [1.165, 1.54) is 0 Å². The van der Waals surface area contributed by atoms with Gasteiger partial charge in [-0.15, -0.1) is 0 Å². The maximum absolute atomic E-state index is 13.0. The quantitative estimate of drug-likeness (QED) is 0.196. The number of alkyl halides is 2. The van der Waals surface area contributed by atoms with E-state index in [9.17, 15) is 19.0 Å². The minimum Gasteiger partial charge on any atom is -0.393 e. The number of hydroxylamine groups is 1. The van der Waals surface area contributed by atoms with E-state index in [4.69, 9.17) is 38.0 Å². The first-order chi connectivity index (χ1) is 34.6. The highest BCUT2D eigenvalue weighted by Crippen LogP contribution is 2.36. The van der Waals surface area contributed by atoms with Crippen LogP contribution in [0.2, 0.25) is 0 Å². The SMILES string of the molecule is CC(C)C1CCOCC1(F)F.CC(C)C1COCCC1O.CC(C)N1CCOC(C(C)(C)O)C1.CC(C)N1CCOCC1.CC1CN(C(C)C)CCO1.CC1N=C(C(C)C)NO1.COCC1CN(C(C)C)CCO1. The molecule has 7 aliphatic heterocycles. The maximum Gasteiger partial charge on any atom is 0.274 e. The van der Waals surface area contributed by atoms with Gasteiger partial charge in [0.25, 0.3) is 5.92 Å². The van der Waals surface area contributed by atoms with Crippen LogP contribution in [0.1, 0.15) is 137 Å². The van der Waals surface area contributed by atoms with Gasteiger partial charge in [-0.25, -0.2) is 18.6 Å². The van der Waals surface area contributed by atoms with Gasteiger partial charge in [0.05, 0.1) is 76.3 Å². The van der Waals surface area contributed by atoms with E-state index < -0.39 is 24.0 Å². The van der Waals surface area contributed by atoms with Gasteiger partial charge in [-0.05, 0) is 108 Å². The van der Waals surface area contributed by atoms with Crippen LogP contribution in [0.15, 0.2) is 4.99 Å². The number of halogens is 2. The molecule has 0 spiro atoms. The van der Waals surface area contributed by atoms with E-state index in [2.05, 4.69) is 120 Å². The number of nitrogens with zero attached hydrogens (tertiary/aromatic N) is 5. The largest absolute Gasteiger partial charge is 0.393 e. The van der Waals surface area contributed by atoms with Crippen LogP contribution in [0.5, 0.6) is 0 Å². The summed E-state index contributed by atoms with van der Waals surface area (Å²) in [6.07, 6.45) is 1.80. The molecule has 0 aliphatic carbocycles. The standard InChI is InChI=1S/C10H21NO2.C9H19NO2.C8H14F2O.C8H17NO.C8H16O2.C7H15NO.C6H12N2O/c1-8(2)11-5-6-13-9(7-11)10(3,4)12;1-8(2)10-4-5-12-9(6-10)7-11-3;1-6(2)7-3-4-11-5-8(7,9)10;1-7(2)9-4-5-10-8(3)6-9;1-6(2)7-5-10-4-3-8(7)9;1-7(2)8-3-5-9-6-4-8;1-4(2)6-7-5(3)9-8-6/h8-9,12H,5-7H2,1-4H3;8-9H,4-7H2,1-3H3;6-7H,3-5H2,1-2H3;7-8H,4-6H2,1-3H3;6-9H,3-5H2,1-2H3;7H,3-6H2,1-2H3;4-5H,1-3H3,(H,7,8). The molecular weight excluding hydrogens is 955 g/mol. The number of aliphatic imine (C=N–C) groups is 1. The second kappa shape index (κ2) is 37.6. The Morgan fingerprint density at radius 2 is 1.18 bits per heavy atom. The average molecular weight is 1070 g/mol.